The molecule has 45 heavy (non-hydrogen) atoms. The van der Waals surface area contributed by atoms with Crippen LogP contribution < -0.4 is 0 Å². The predicted molar refractivity (Wildman–Crippen MR) is 200 cm³/mol. The van der Waals surface area contributed by atoms with Gasteiger partial charge in [-0.3, -0.25) is 0 Å². The van der Waals surface area contributed by atoms with Gasteiger partial charge in [0.15, 0.2) is 0 Å². The van der Waals surface area contributed by atoms with Crippen molar-refractivity contribution in [2.75, 3.05) is 0 Å². The van der Waals surface area contributed by atoms with E-state index in [0.717, 1.165) is 51.4 Å². The summed E-state index contributed by atoms with van der Waals surface area (Å²) in [6.07, 6.45) is 50.8. The lowest BCUT2D eigenvalue weighted by Gasteiger charge is -2.31. The molecule has 0 saturated carbocycles. The van der Waals surface area contributed by atoms with Gasteiger partial charge in [-0.25, -0.2) is 8.42 Å². The van der Waals surface area contributed by atoms with Gasteiger partial charge in [-0.05, 0) is 50.7 Å². The molecule has 0 radical (unpaired) electrons. The van der Waals surface area contributed by atoms with Crippen molar-refractivity contribution >= 4 is 9.84 Å². The van der Waals surface area contributed by atoms with Crippen LogP contribution in [0.1, 0.15) is 182 Å². The third-order valence-electron chi connectivity index (χ3n) is 9.95. The van der Waals surface area contributed by atoms with Crippen molar-refractivity contribution in [2.24, 2.45) is 10.8 Å². The van der Waals surface area contributed by atoms with Crippen molar-refractivity contribution in [1.29, 1.82) is 0 Å². The SMILES string of the molecule is CCCC=CC1(CCCCCCCCCC)C=CC(S(=O)(=O)C2=CCC(C=CCCC)(CCCCCCCCCC)C=C2)=CC1. The van der Waals surface area contributed by atoms with Gasteiger partial charge in [-0.15, -0.1) is 0 Å². The molecule has 0 heterocycles. The minimum Gasteiger partial charge on any atom is -0.219 e. The molecule has 256 valence electrons. The van der Waals surface area contributed by atoms with Gasteiger partial charge in [0, 0.05) is 10.8 Å². The molecular formula is C42H70O2S. The molecule has 0 fully saturated rings. The number of hydrogen-bond donors (Lipinski definition) is 0. The van der Waals surface area contributed by atoms with Crippen LogP contribution in [0.4, 0.5) is 0 Å². The highest BCUT2D eigenvalue weighted by molar-refractivity contribution is 7.99. The van der Waals surface area contributed by atoms with Crippen LogP contribution in [0.25, 0.3) is 0 Å². The van der Waals surface area contributed by atoms with Gasteiger partial charge in [0.1, 0.15) is 0 Å². The highest BCUT2D eigenvalue weighted by atomic mass is 32.2. The first-order chi connectivity index (χ1) is 21.9. The van der Waals surface area contributed by atoms with Crippen LogP contribution in [-0.4, -0.2) is 8.42 Å². The lowest BCUT2D eigenvalue weighted by Crippen LogP contribution is -2.21. The fourth-order valence-electron chi connectivity index (χ4n) is 6.81. The molecule has 2 nitrogen and oxygen atoms in total. The highest BCUT2D eigenvalue weighted by Gasteiger charge is 2.32. The van der Waals surface area contributed by atoms with Crippen molar-refractivity contribution in [1.82, 2.24) is 0 Å². The van der Waals surface area contributed by atoms with E-state index in [2.05, 4.69) is 64.2 Å². The molecule has 0 bridgehead atoms. The van der Waals surface area contributed by atoms with Gasteiger partial charge < -0.3 is 0 Å². The van der Waals surface area contributed by atoms with Crippen LogP contribution in [0.2, 0.25) is 0 Å². The molecule has 0 aromatic heterocycles. The van der Waals surface area contributed by atoms with E-state index in [4.69, 9.17) is 0 Å². The Hall–Kier alpha value is -1.61. The van der Waals surface area contributed by atoms with E-state index in [-0.39, 0.29) is 10.8 Å². The molecule has 0 aromatic rings. The largest absolute Gasteiger partial charge is 0.219 e. The van der Waals surface area contributed by atoms with Gasteiger partial charge in [-0.2, -0.15) is 0 Å². The summed E-state index contributed by atoms with van der Waals surface area (Å²) in [7, 11) is -3.52. The lowest BCUT2D eigenvalue weighted by molar-refractivity contribution is 0.417. The minimum absolute atomic E-state index is 0.0532. The molecule has 0 saturated heterocycles. The Bertz CT molecular complexity index is 1010. The Kier molecular flexibility index (Phi) is 20.1. The van der Waals surface area contributed by atoms with E-state index in [1.807, 2.05) is 24.3 Å². The first kappa shape index (κ1) is 39.6. The summed E-state index contributed by atoms with van der Waals surface area (Å²) >= 11 is 0. The monoisotopic (exact) mass is 639 g/mol. The zero-order chi connectivity index (χ0) is 32.7. The van der Waals surface area contributed by atoms with Crippen LogP contribution >= 0.6 is 0 Å². The normalized spacial score (nSPS) is 22.0. The van der Waals surface area contributed by atoms with Crippen molar-refractivity contribution in [3.8, 4) is 0 Å². The standard InChI is InChI=1S/C42H70O2S/c1-5-9-13-15-17-19-21-25-33-41(31-23-11-7-3)35-27-39(28-36-41)45(43,44)40-29-37-42(38-30-40,32-24-12-8-4)34-26-22-20-18-16-14-10-6-2/h23-24,27-32,35,37H,5-22,25-26,33-34,36,38H2,1-4H3. The van der Waals surface area contributed by atoms with E-state index in [1.54, 1.807) is 0 Å². The van der Waals surface area contributed by atoms with Crippen LogP contribution in [0.3, 0.4) is 0 Å². The average Bonchev–Trinajstić information content (AvgIpc) is 3.04. The maximum Gasteiger partial charge on any atom is 0.205 e. The summed E-state index contributed by atoms with van der Waals surface area (Å²) in [5, 5.41) is 0. The number of rotatable bonds is 26. The molecule has 0 amide bonds. The van der Waals surface area contributed by atoms with Gasteiger partial charge in [-0.1, -0.05) is 192 Å². The van der Waals surface area contributed by atoms with E-state index in [9.17, 15) is 8.42 Å². The number of sulfone groups is 1. The Balaban J connectivity index is 2.01. The lowest BCUT2D eigenvalue weighted by atomic mass is 9.76. The third-order valence-corrected chi connectivity index (χ3v) is 11.8. The van der Waals surface area contributed by atoms with E-state index >= 15 is 0 Å². The molecule has 2 unspecified atom stereocenters. The molecule has 0 aromatic carbocycles. The number of unbranched alkanes of at least 4 members (excludes halogenated alkanes) is 16. The molecule has 3 heteroatoms. The Morgan fingerprint density at radius 3 is 1.20 bits per heavy atom. The molecule has 2 aliphatic carbocycles. The smallest absolute Gasteiger partial charge is 0.205 e. The quantitative estimate of drug-likeness (QED) is 0.0698. The van der Waals surface area contributed by atoms with Gasteiger partial charge in [0.2, 0.25) is 9.84 Å². The number of allylic oxidation sites excluding steroid dienone is 10. The first-order valence-electron chi connectivity index (χ1n) is 19.3. The van der Waals surface area contributed by atoms with Crippen LogP contribution in [0.5, 0.6) is 0 Å². The Morgan fingerprint density at radius 1 is 0.533 bits per heavy atom. The minimum atomic E-state index is -3.52. The molecule has 2 aliphatic rings. The Morgan fingerprint density at radius 2 is 0.889 bits per heavy atom. The van der Waals surface area contributed by atoms with Crippen LogP contribution in [-0.2, 0) is 9.84 Å². The van der Waals surface area contributed by atoms with E-state index in [0.29, 0.717) is 9.81 Å². The molecule has 2 rings (SSSR count). The van der Waals surface area contributed by atoms with Crippen LogP contribution in [0.15, 0.2) is 70.6 Å². The van der Waals surface area contributed by atoms with E-state index in [1.165, 1.54) is 103 Å². The average molecular weight is 639 g/mol. The third kappa shape index (κ3) is 14.8. The van der Waals surface area contributed by atoms with Crippen LogP contribution in [0, 0.1) is 10.8 Å². The van der Waals surface area contributed by atoms with Gasteiger partial charge >= 0.3 is 0 Å². The topological polar surface area (TPSA) is 34.1 Å². The van der Waals surface area contributed by atoms with Crippen molar-refractivity contribution in [3.63, 3.8) is 0 Å². The summed E-state index contributed by atoms with van der Waals surface area (Å²) < 4.78 is 27.6. The zero-order valence-corrected chi connectivity index (χ0v) is 30.8. The molecule has 0 N–H and O–H groups in total. The summed E-state index contributed by atoms with van der Waals surface area (Å²) in [6, 6.07) is 0. The highest BCUT2D eigenvalue weighted by Crippen LogP contribution is 2.42. The van der Waals surface area contributed by atoms with Crippen molar-refractivity contribution < 1.29 is 8.42 Å². The fraction of sp³-hybridized carbons (Fsp3) is 0.714. The molecule has 0 spiro atoms. The first-order valence-corrected chi connectivity index (χ1v) is 20.7. The van der Waals surface area contributed by atoms with Gasteiger partial charge in [0.05, 0.1) is 9.81 Å². The van der Waals surface area contributed by atoms with Crippen molar-refractivity contribution in [2.45, 2.75) is 182 Å². The molecule has 2 atom stereocenters. The summed E-state index contributed by atoms with van der Waals surface area (Å²) in [4.78, 5) is 0.955. The predicted octanol–water partition coefficient (Wildman–Crippen LogP) is 13.8. The van der Waals surface area contributed by atoms with Gasteiger partial charge in [0.25, 0.3) is 0 Å². The summed E-state index contributed by atoms with van der Waals surface area (Å²) in [5.74, 6) is 0. The fourth-order valence-corrected chi connectivity index (χ4v) is 8.19. The Labute approximate surface area is 280 Å². The molecular weight excluding hydrogens is 569 g/mol. The zero-order valence-electron chi connectivity index (χ0n) is 30.0. The summed E-state index contributed by atoms with van der Waals surface area (Å²) in [6.45, 7) is 8.97. The second-order valence-corrected chi connectivity index (χ2v) is 16.0. The second-order valence-electron chi connectivity index (χ2n) is 14.1. The summed E-state index contributed by atoms with van der Waals surface area (Å²) in [5.41, 5.74) is -0.106. The second kappa shape index (κ2) is 22.8. The van der Waals surface area contributed by atoms with Crippen molar-refractivity contribution in [3.05, 3.63) is 70.6 Å². The van der Waals surface area contributed by atoms with E-state index < -0.39 is 9.84 Å². The maximum atomic E-state index is 13.8. The maximum absolute atomic E-state index is 13.8. The molecule has 0 aliphatic heterocycles. The number of hydrogen-bond acceptors (Lipinski definition) is 2.